The first-order valence-corrected chi connectivity index (χ1v) is 7.54. The largest absolute Gasteiger partial charge is 0.383 e. The highest BCUT2D eigenvalue weighted by molar-refractivity contribution is 5.26. The molecule has 0 heterocycles. The van der Waals surface area contributed by atoms with E-state index in [0.29, 0.717) is 12.0 Å². The van der Waals surface area contributed by atoms with Crippen LogP contribution in [0.4, 0.5) is 0 Å². The lowest BCUT2D eigenvalue weighted by Crippen LogP contribution is -2.39. The van der Waals surface area contributed by atoms with Crippen LogP contribution in [-0.4, -0.2) is 37.7 Å². The molecule has 1 atom stereocenters. The van der Waals surface area contributed by atoms with Gasteiger partial charge in [-0.05, 0) is 30.9 Å². The fraction of sp³-hybridized carbons (Fsp3) is 0.647. The standard InChI is InChI=1S/C17H30N2O/c1-13(2)15-6-8-16(9-7-15)17(18)12-19(14(3)4)10-11-20-5/h6-9,13-14,17H,10-12,18H2,1-5H3. The molecule has 0 aliphatic heterocycles. The molecule has 1 aromatic carbocycles. The van der Waals surface area contributed by atoms with Crippen molar-refractivity contribution in [2.45, 2.75) is 45.7 Å². The number of hydrogen-bond donors (Lipinski definition) is 1. The van der Waals surface area contributed by atoms with E-state index in [1.165, 1.54) is 11.1 Å². The second kappa shape index (κ2) is 8.40. The highest BCUT2D eigenvalue weighted by Crippen LogP contribution is 2.18. The van der Waals surface area contributed by atoms with Gasteiger partial charge < -0.3 is 10.5 Å². The van der Waals surface area contributed by atoms with Crippen LogP contribution >= 0.6 is 0 Å². The number of ether oxygens (including phenoxy) is 1. The summed E-state index contributed by atoms with van der Waals surface area (Å²) in [5.74, 6) is 0.564. The molecule has 0 fully saturated rings. The van der Waals surface area contributed by atoms with Crippen LogP contribution in [0, 0.1) is 0 Å². The first-order valence-electron chi connectivity index (χ1n) is 7.54. The maximum absolute atomic E-state index is 6.35. The van der Waals surface area contributed by atoms with Crippen LogP contribution < -0.4 is 5.73 Å². The second-order valence-electron chi connectivity index (χ2n) is 6.01. The normalized spacial score (nSPS) is 13.4. The molecule has 20 heavy (non-hydrogen) atoms. The molecule has 0 aliphatic carbocycles. The van der Waals surface area contributed by atoms with Crippen LogP contribution in [0.25, 0.3) is 0 Å². The van der Waals surface area contributed by atoms with Crippen LogP contribution in [0.1, 0.15) is 50.8 Å². The van der Waals surface area contributed by atoms with Gasteiger partial charge in [0.2, 0.25) is 0 Å². The number of rotatable bonds is 8. The highest BCUT2D eigenvalue weighted by Gasteiger charge is 2.15. The van der Waals surface area contributed by atoms with Gasteiger partial charge in [-0.3, -0.25) is 4.90 Å². The van der Waals surface area contributed by atoms with Gasteiger partial charge in [-0.15, -0.1) is 0 Å². The van der Waals surface area contributed by atoms with Crippen molar-refractivity contribution in [1.82, 2.24) is 4.90 Å². The van der Waals surface area contributed by atoms with Crippen molar-refractivity contribution >= 4 is 0 Å². The number of benzene rings is 1. The molecule has 0 amide bonds. The van der Waals surface area contributed by atoms with Crippen molar-refractivity contribution in [3.05, 3.63) is 35.4 Å². The van der Waals surface area contributed by atoms with E-state index in [0.717, 1.165) is 19.7 Å². The van der Waals surface area contributed by atoms with Gasteiger partial charge in [0.1, 0.15) is 0 Å². The molecule has 0 saturated heterocycles. The third-order valence-electron chi connectivity index (χ3n) is 3.78. The Hall–Kier alpha value is -0.900. The van der Waals surface area contributed by atoms with Gasteiger partial charge >= 0.3 is 0 Å². The summed E-state index contributed by atoms with van der Waals surface area (Å²) < 4.78 is 5.17. The molecule has 3 nitrogen and oxygen atoms in total. The van der Waals surface area contributed by atoms with E-state index >= 15 is 0 Å². The molecular formula is C17H30N2O. The molecule has 0 saturated carbocycles. The Morgan fingerprint density at radius 3 is 2.05 bits per heavy atom. The molecule has 0 radical (unpaired) electrons. The zero-order valence-electron chi connectivity index (χ0n) is 13.6. The molecule has 114 valence electrons. The van der Waals surface area contributed by atoms with E-state index in [1.54, 1.807) is 7.11 Å². The first-order chi connectivity index (χ1) is 9.45. The molecule has 0 aliphatic rings. The SMILES string of the molecule is COCCN(CC(N)c1ccc(C(C)C)cc1)C(C)C. The van der Waals surface area contributed by atoms with Crippen LogP contribution in [0.15, 0.2) is 24.3 Å². The van der Waals surface area contributed by atoms with Crippen molar-refractivity contribution in [2.24, 2.45) is 5.73 Å². The van der Waals surface area contributed by atoms with Crippen molar-refractivity contribution in [3.63, 3.8) is 0 Å². The number of methoxy groups -OCH3 is 1. The van der Waals surface area contributed by atoms with Gasteiger partial charge in [-0.2, -0.15) is 0 Å². The van der Waals surface area contributed by atoms with Gasteiger partial charge in [0.25, 0.3) is 0 Å². The van der Waals surface area contributed by atoms with Crippen molar-refractivity contribution in [1.29, 1.82) is 0 Å². The third kappa shape index (κ3) is 5.23. The van der Waals surface area contributed by atoms with E-state index in [2.05, 4.69) is 56.9 Å². The summed E-state index contributed by atoms with van der Waals surface area (Å²) in [6.07, 6.45) is 0. The molecule has 2 N–H and O–H groups in total. The Morgan fingerprint density at radius 2 is 1.60 bits per heavy atom. The van der Waals surface area contributed by atoms with Crippen LogP contribution in [-0.2, 0) is 4.74 Å². The fourth-order valence-corrected chi connectivity index (χ4v) is 2.26. The lowest BCUT2D eigenvalue weighted by Gasteiger charge is -2.29. The number of hydrogen-bond acceptors (Lipinski definition) is 3. The molecule has 1 unspecified atom stereocenters. The van der Waals surface area contributed by atoms with E-state index in [4.69, 9.17) is 10.5 Å². The zero-order chi connectivity index (χ0) is 15.1. The number of nitrogens with two attached hydrogens (primary N) is 1. The summed E-state index contributed by atoms with van der Waals surface area (Å²) >= 11 is 0. The third-order valence-corrected chi connectivity index (χ3v) is 3.78. The Morgan fingerprint density at radius 1 is 1.05 bits per heavy atom. The summed E-state index contributed by atoms with van der Waals surface area (Å²) in [7, 11) is 1.74. The van der Waals surface area contributed by atoms with E-state index < -0.39 is 0 Å². The average molecular weight is 278 g/mol. The Balaban J connectivity index is 2.65. The lowest BCUT2D eigenvalue weighted by atomic mass is 9.99. The first kappa shape index (κ1) is 17.2. The average Bonchev–Trinajstić information content (AvgIpc) is 2.42. The quantitative estimate of drug-likeness (QED) is 0.794. The van der Waals surface area contributed by atoms with E-state index in [9.17, 15) is 0 Å². The van der Waals surface area contributed by atoms with Gasteiger partial charge in [0.05, 0.1) is 6.61 Å². The fourth-order valence-electron chi connectivity index (χ4n) is 2.26. The van der Waals surface area contributed by atoms with Crippen LogP contribution in [0.5, 0.6) is 0 Å². The van der Waals surface area contributed by atoms with Gasteiger partial charge in [-0.25, -0.2) is 0 Å². The maximum Gasteiger partial charge on any atom is 0.0589 e. The van der Waals surface area contributed by atoms with E-state index in [-0.39, 0.29) is 6.04 Å². The summed E-state index contributed by atoms with van der Waals surface area (Å²) in [5.41, 5.74) is 8.92. The molecule has 1 aromatic rings. The summed E-state index contributed by atoms with van der Waals surface area (Å²) in [6, 6.07) is 9.23. The van der Waals surface area contributed by atoms with Crippen LogP contribution in [0.2, 0.25) is 0 Å². The summed E-state index contributed by atoms with van der Waals surface area (Å²) in [5, 5.41) is 0. The minimum atomic E-state index is 0.0514. The topological polar surface area (TPSA) is 38.5 Å². The molecule has 1 rings (SSSR count). The summed E-state index contributed by atoms with van der Waals surface area (Å²) in [6.45, 7) is 11.3. The minimum Gasteiger partial charge on any atom is -0.383 e. The minimum absolute atomic E-state index is 0.0514. The molecular weight excluding hydrogens is 248 g/mol. The summed E-state index contributed by atoms with van der Waals surface area (Å²) in [4.78, 5) is 2.37. The second-order valence-corrected chi connectivity index (χ2v) is 6.01. The van der Waals surface area contributed by atoms with Crippen molar-refractivity contribution in [3.8, 4) is 0 Å². The van der Waals surface area contributed by atoms with Gasteiger partial charge in [-0.1, -0.05) is 38.1 Å². The zero-order valence-corrected chi connectivity index (χ0v) is 13.6. The Bertz CT molecular complexity index is 373. The van der Waals surface area contributed by atoms with Gasteiger partial charge in [0, 0.05) is 32.3 Å². The number of nitrogens with zero attached hydrogens (tertiary/aromatic N) is 1. The molecule has 3 heteroatoms. The van der Waals surface area contributed by atoms with Crippen molar-refractivity contribution in [2.75, 3.05) is 26.8 Å². The Labute approximate surface area is 124 Å². The predicted molar refractivity (Wildman–Crippen MR) is 86.0 cm³/mol. The molecule has 0 aromatic heterocycles. The van der Waals surface area contributed by atoms with Crippen molar-refractivity contribution < 1.29 is 4.74 Å². The highest BCUT2D eigenvalue weighted by atomic mass is 16.5. The van der Waals surface area contributed by atoms with E-state index in [1.807, 2.05) is 0 Å². The molecule has 0 bridgehead atoms. The monoisotopic (exact) mass is 278 g/mol. The predicted octanol–water partition coefficient (Wildman–Crippen LogP) is 3.17. The lowest BCUT2D eigenvalue weighted by molar-refractivity contribution is 0.125. The smallest absolute Gasteiger partial charge is 0.0589 e. The molecule has 0 spiro atoms. The van der Waals surface area contributed by atoms with Gasteiger partial charge in [0.15, 0.2) is 0 Å². The Kier molecular flexibility index (Phi) is 7.20. The maximum atomic E-state index is 6.35. The van der Waals surface area contributed by atoms with Crippen LogP contribution in [0.3, 0.4) is 0 Å².